The molecule has 2 aliphatic carbocycles. The molecule has 1 heterocycles. The summed E-state index contributed by atoms with van der Waals surface area (Å²) < 4.78 is 0. The maximum absolute atomic E-state index is 13.0. The van der Waals surface area contributed by atoms with Crippen LogP contribution in [-0.2, 0) is 9.59 Å². The van der Waals surface area contributed by atoms with Crippen LogP contribution in [0.15, 0.2) is 30.4 Å². The lowest BCUT2D eigenvalue weighted by atomic mass is 9.71. The molecule has 0 radical (unpaired) electrons. The van der Waals surface area contributed by atoms with E-state index < -0.39 is 5.41 Å². The molecular weight excluding hydrogens is 262 g/mol. The standard InChI is InChI=1S/C18H19NO2/c1-10-4-7-14(11(2)8-10)19-16(20)15-12-5-6-13(9-12)18(15,3)17(19)21/h4-8,12-13,15H,9H2,1-3H3. The number of nitrogens with zero attached hydrogens (tertiary/aromatic N) is 1. The Balaban J connectivity index is 1.83. The number of imide groups is 1. The highest BCUT2D eigenvalue weighted by Gasteiger charge is 2.67. The number of anilines is 1. The predicted octanol–water partition coefficient (Wildman–Crippen LogP) is 3.01. The molecule has 1 aromatic rings. The highest BCUT2D eigenvalue weighted by atomic mass is 16.2. The molecule has 3 nitrogen and oxygen atoms in total. The third kappa shape index (κ3) is 1.39. The van der Waals surface area contributed by atoms with Crippen LogP contribution in [0, 0.1) is 37.0 Å². The van der Waals surface area contributed by atoms with Crippen molar-refractivity contribution in [3.63, 3.8) is 0 Å². The number of allylic oxidation sites excluding steroid dienone is 2. The number of carbonyl (C=O) groups is 2. The Morgan fingerprint density at radius 1 is 1.19 bits per heavy atom. The van der Waals surface area contributed by atoms with Gasteiger partial charge in [-0.05, 0) is 50.7 Å². The minimum Gasteiger partial charge on any atom is -0.274 e. The van der Waals surface area contributed by atoms with Gasteiger partial charge in [0.1, 0.15) is 0 Å². The Bertz CT molecular complexity index is 705. The van der Waals surface area contributed by atoms with Gasteiger partial charge in [-0.3, -0.25) is 9.59 Å². The summed E-state index contributed by atoms with van der Waals surface area (Å²) in [4.78, 5) is 27.4. The van der Waals surface area contributed by atoms with Crippen LogP contribution in [0.5, 0.6) is 0 Å². The molecule has 108 valence electrons. The Hall–Kier alpha value is -1.90. The van der Waals surface area contributed by atoms with E-state index in [0.717, 1.165) is 23.2 Å². The van der Waals surface area contributed by atoms with Gasteiger partial charge < -0.3 is 0 Å². The van der Waals surface area contributed by atoms with Gasteiger partial charge in [-0.25, -0.2) is 4.90 Å². The molecule has 2 bridgehead atoms. The van der Waals surface area contributed by atoms with Gasteiger partial charge in [-0.1, -0.05) is 29.8 Å². The summed E-state index contributed by atoms with van der Waals surface area (Å²) in [6.45, 7) is 5.96. The second kappa shape index (κ2) is 3.85. The molecule has 1 aliphatic heterocycles. The number of benzene rings is 1. The first kappa shape index (κ1) is 12.8. The predicted molar refractivity (Wildman–Crippen MR) is 80.7 cm³/mol. The fourth-order valence-corrected chi connectivity index (χ4v) is 4.59. The van der Waals surface area contributed by atoms with E-state index in [2.05, 4.69) is 12.2 Å². The maximum Gasteiger partial charge on any atom is 0.241 e. The lowest BCUT2D eigenvalue weighted by Gasteiger charge is -2.28. The van der Waals surface area contributed by atoms with Crippen molar-refractivity contribution < 1.29 is 9.59 Å². The summed E-state index contributed by atoms with van der Waals surface area (Å²) >= 11 is 0. The number of hydrogen-bond donors (Lipinski definition) is 0. The van der Waals surface area contributed by atoms with E-state index in [9.17, 15) is 9.59 Å². The molecule has 3 heteroatoms. The fraction of sp³-hybridized carbons (Fsp3) is 0.444. The number of carbonyl (C=O) groups excluding carboxylic acids is 2. The quantitative estimate of drug-likeness (QED) is 0.586. The minimum atomic E-state index is -0.534. The third-order valence-electron chi connectivity index (χ3n) is 5.70. The van der Waals surface area contributed by atoms with E-state index >= 15 is 0 Å². The van der Waals surface area contributed by atoms with Crippen molar-refractivity contribution in [3.8, 4) is 0 Å². The van der Waals surface area contributed by atoms with E-state index in [1.807, 2.05) is 39.0 Å². The molecule has 2 amide bonds. The molecule has 2 fully saturated rings. The van der Waals surface area contributed by atoms with Crippen LogP contribution >= 0.6 is 0 Å². The van der Waals surface area contributed by atoms with E-state index in [4.69, 9.17) is 0 Å². The Labute approximate surface area is 124 Å². The summed E-state index contributed by atoms with van der Waals surface area (Å²) in [5, 5.41) is 0. The largest absolute Gasteiger partial charge is 0.274 e. The molecule has 3 aliphatic rings. The van der Waals surface area contributed by atoms with Crippen molar-refractivity contribution in [1.82, 2.24) is 0 Å². The molecule has 4 unspecified atom stereocenters. The zero-order valence-corrected chi connectivity index (χ0v) is 12.6. The molecule has 0 aromatic heterocycles. The van der Waals surface area contributed by atoms with Crippen LogP contribution in [0.3, 0.4) is 0 Å². The Morgan fingerprint density at radius 2 is 1.95 bits per heavy atom. The molecule has 4 atom stereocenters. The zero-order valence-electron chi connectivity index (χ0n) is 12.6. The average molecular weight is 281 g/mol. The number of hydrogen-bond acceptors (Lipinski definition) is 2. The Morgan fingerprint density at radius 3 is 2.62 bits per heavy atom. The highest BCUT2D eigenvalue weighted by Crippen LogP contribution is 2.61. The van der Waals surface area contributed by atoms with Gasteiger partial charge in [0.25, 0.3) is 0 Å². The van der Waals surface area contributed by atoms with Crippen molar-refractivity contribution in [3.05, 3.63) is 41.5 Å². The van der Waals surface area contributed by atoms with Crippen molar-refractivity contribution in [1.29, 1.82) is 0 Å². The lowest BCUT2D eigenvalue weighted by Crippen LogP contribution is -2.37. The molecule has 1 aromatic carbocycles. The van der Waals surface area contributed by atoms with Crippen LogP contribution in [0.2, 0.25) is 0 Å². The monoisotopic (exact) mass is 281 g/mol. The van der Waals surface area contributed by atoms with Crippen LogP contribution in [0.4, 0.5) is 5.69 Å². The van der Waals surface area contributed by atoms with E-state index in [1.165, 1.54) is 4.90 Å². The zero-order chi connectivity index (χ0) is 14.9. The van der Waals surface area contributed by atoms with Gasteiger partial charge in [0.2, 0.25) is 11.8 Å². The first-order valence-electron chi connectivity index (χ1n) is 7.58. The van der Waals surface area contributed by atoms with Crippen molar-refractivity contribution in [2.45, 2.75) is 27.2 Å². The first-order chi connectivity index (χ1) is 9.94. The number of amides is 2. The van der Waals surface area contributed by atoms with Crippen LogP contribution in [0.25, 0.3) is 0 Å². The van der Waals surface area contributed by atoms with Crippen molar-refractivity contribution in [2.24, 2.45) is 23.2 Å². The van der Waals surface area contributed by atoms with Crippen molar-refractivity contribution >= 4 is 17.5 Å². The van der Waals surface area contributed by atoms with Gasteiger partial charge >= 0.3 is 0 Å². The first-order valence-corrected chi connectivity index (χ1v) is 7.58. The fourth-order valence-electron chi connectivity index (χ4n) is 4.59. The van der Waals surface area contributed by atoms with Gasteiger partial charge in [-0.15, -0.1) is 0 Å². The molecule has 1 saturated carbocycles. The summed E-state index contributed by atoms with van der Waals surface area (Å²) in [5.41, 5.74) is 2.35. The smallest absolute Gasteiger partial charge is 0.241 e. The molecule has 0 spiro atoms. The normalized spacial score (nSPS) is 36.7. The Kier molecular flexibility index (Phi) is 2.35. The van der Waals surface area contributed by atoms with Gasteiger partial charge in [0.05, 0.1) is 17.0 Å². The molecular formula is C18H19NO2. The number of aryl methyl sites for hydroxylation is 2. The molecule has 1 saturated heterocycles. The van der Waals surface area contributed by atoms with Crippen LogP contribution < -0.4 is 4.90 Å². The minimum absolute atomic E-state index is 0.00805. The summed E-state index contributed by atoms with van der Waals surface area (Å²) in [6, 6.07) is 5.89. The number of fused-ring (bicyclic) bond motifs is 5. The van der Waals surface area contributed by atoms with E-state index in [-0.39, 0.29) is 29.6 Å². The molecule has 4 rings (SSSR count). The maximum atomic E-state index is 13.0. The van der Waals surface area contributed by atoms with Crippen LogP contribution in [-0.4, -0.2) is 11.8 Å². The topological polar surface area (TPSA) is 37.4 Å². The third-order valence-corrected chi connectivity index (χ3v) is 5.70. The highest BCUT2D eigenvalue weighted by molar-refractivity contribution is 6.24. The lowest BCUT2D eigenvalue weighted by molar-refractivity contribution is -0.127. The summed E-state index contributed by atoms with van der Waals surface area (Å²) in [5.74, 6) is 0.278. The van der Waals surface area contributed by atoms with Gasteiger partial charge in [0, 0.05) is 0 Å². The van der Waals surface area contributed by atoms with Crippen molar-refractivity contribution in [2.75, 3.05) is 4.90 Å². The number of rotatable bonds is 1. The van der Waals surface area contributed by atoms with Gasteiger partial charge in [0.15, 0.2) is 0 Å². The summed E-state index contributed by atoms with van der Waals surface area (Å²) in [6.07, 6.45) is 5.23. The second-order valence-corrected chi connectivity index (χ2v) is 6.92. The SMILES string of the molecule is Cc1ccc(N2C(=O)C3C4C=CC(C4)C3(C)C2=O)c(C)c1. The van der Waals surface area contributed by atoms with Crippen LogP contribution in [0.1, 0.15) is 24.5 Å². The van der Waals surface area contributed by atoms with E-state index in [1.54, 1.807) is 0 Å². The molecule has 0 N–H and O–H groups in total. The average Bonchev–Trinajstić information content (AvgIpc) is 3.05. The molecule has 21 heavy (non-hydrogen) atoms. The summed E-state index contributed by atoms with van der Waals surface area (Å²) in [7, 11) is 0. The van der Waals surface area contributed by atoms with E-state index in [0.29, 0.717) is 0 Å². The second-order valence-electron chi connectivity index (χ2n) is 6.92. The van der Waals surface area contributed by atoms with Gasteiger partial charge in [-0.2, -0.15) is 0 Å².